The van der Waals surface area contributed by atoms with Crippen LogP contribution in [-0.4, -0.2) is 23.5 Å². The molecule has 1 amide bonds. The molecule has 1 aromatic heterocycles. The molecule has 3 rings (SSSR count). The summed E-state index contributed by atoms with van der Waals surface area (Å²) in [5.74, 6) is 0.523. The average Bonchev–Trinajstić information content (AvgIpc) is 3.14. The molecule has 1 aliphatic carbocycles. The Kier molecular flexibility index (Phi) is 2.80. The third-order valence-electron chi connectivity index (χ3n) is 3.50. The normalized spacial score (nSPS) is 16.7. The zero-order valence-electron chi connectivity index (χ0n) is 10.1. The van der Waals surface area contributed by atoms with Gasteiger partial charge in [0.15, 0.2) is 0 Å². The van der Waals surface area contributed by atoms with E-state index in [-0.39, 0.29) is 11.9 Å². The maximum atomic E-state index is 12.0. The molecule has 4 nitrogen and oxygen atoms in total. The van der Waals surface area contributed by atoms with E-state index in [0.717, 1.165) is 10.9 Å². The van der Waals surface area contributed by atoms with Gasteiger partial charge in [-0.1, -0.05) is 18.2 Å². The Morgan fingerprint density at radius 1 is 1.44 bits per heavy atom. The fourth-order valence-corrected chi connectivity index (χ4v) is 2.19. The van der Waals surface area contributed by atoms with Crippen molar-refractivity contribution in [3.05, 3.63) is 36.0 Å². The molecule has 0 aliphatic heterocycles. The van der Waals surface area contributed by atoms with Crippen LogP contribution in [0.2, 0.25) is 0 Å². The van der Waals surface area contributed by atoms with Crippen LogP contribution in [0.1, 0.15) is 23.3 Å². The van der Waals surface area contributed by atoms with E-state index >= 15 is 0 Å². The van der Waals surface area contributed by atoms with E-state index in [1.54, 1.807) is 0 Å². The largest absolute Gasteiger partial charge is 0.351 e. The minimum Gasteiger partial charge on any atom is -0.351 e. The van der Waals surface area contributed by atoms with Crippen molar-refractivity contribution in [1.82, 2.24) is 10.3 Å². The second-order valence-electron chi connectivity index (χ2n) is 4.98. The highest BCUT2D eigenvalue weighted by Gasteiger charge is 2.28. The van der Waals surface area contributed by atoms with Crippen molar-refractivity contribution >= 4 is 16.8 Å². The molecule has 4 heteroatoms. The van der Waals surface area contributed by atoms with Gasteiger partial charge in [0.25, 0.3) is 5.91 Å². The summed E-state index contributed by atoms with van der Waals surface area (Å²) >= 11 is 0. The monoisotopic (exact) mass is 243 g/mol. The van der Waals surface area contributed by atoms with E-state index in [9.17, 15) is 4.79 Å². The molecule has 1 aromatic carbocycles. The van der Waals surface area contributed by atoms with Crippen LogP contribution in [0.5, 0.6) is 0 Å². The van der Waals surface area contributed by atoms with Crippen molar-refractivity contribution in [2.45, 2.75) is 18.9 Å². The van der Waals surface area contributed by atoms with Crippen LogP contribution in [0.25, 0.3) is 10.9 Å². The molecule has 1 aliphatic rings. The van der Waals surface area contributed by atoms with Crippen LogP contribution in [0.15, 0.2) is 30.3 Å². The van der Waals surface area contributed by atoms with Gasteiger partial charge >= 0.3 is 0 Å². The summed E-state index contributed by atoms with van der Waals surface area (Å²) in [6, 6.07) is 9.82. The summed E-state index contributed by atoms with van der Waals surface area (Å²) in [5, 5.41) is 3.94. The van der Waals surface area contributed by atoms with Crippen molar-refractivity contribution in [2.24, 2.45) is 11.7 Å². The van der Waals surface area contributed by atoms with E-state index in [4.69, 9.17) is 5.73 Å². The zero-order chi connectivity index (χ0) is 12.5. The molecule has 2 aromatic rings. The van der Waals surface area contributed by atoms with Crippen molar-refractivity contribution in [3.63, 3.8) is 0 Å². The van der Waals surface area contributed by atoms with Crippen LogP contribution >= 0.6 is 0 Å². The Bertz CT molecular complexity index is 538. The highest BCUT2D eigenvalue weighted by Crippen LogP contribution is 2.31. The topological polar surface area (TPSA) is 70.9 Å². The van der Waals surface area contributed by atoms with Gasteiger partial charge in [-0.25, -0.2) is 0 Å². The Morgan fingerprint density at radius 3 is 2.94 bits per heavy atom. The number of hydrogen-bond acceptors (Lipinski definition) is 2. The molecule has 1 unspecified atom stereocenters. The second-order valence-corrected chi connectivity index (χ2v) is 4.98. The number of hydrogen-bond donors (Lipinski definition) is 3. The number of nitrogens with one attached hydrogen (secondary N) is 2. The van der Waals surface area contributed by atoms with Gasteiger partial charge in [-0.3, -0.25) is 4.79 Å². The molecule has 4 N–H and O–H groups in total. The molecule has 1 atom stereocenters. The number of carbonyl (C=O) groups is 1. The highest BCUT2D eigenvalue weighted by atomic mass is 16.1. The number of H-pyrrole nitrogens is 1. The Hall–Kier alpha value is -1.81. The summed E-state index contributed by atoms with van der Waals surface area (Å²) in [7, 11) is 0. The maximum Gasteiger partial charge on any atom is 0.267 e. The van der Waals surface area contributed by atoms with Gasteiger partial charge in [0.1, 0.15) is 5.69 Å². The molecule has 94 valence electrons. The summed E-state index contributed by atoms with van der Waals surface area (Å²) < 4.78 is 0. The molecule has 0 spiro atoms. The first-order chi connectivity index (χ1) is 8.74. The van der Waals surface area contributed by atoms with Crippen molar-refractivity contribution in [3.8, 4) is 0 Å². The van der Waals surface area contributed by atoms with Gasteiger partial charge in [-0.2, -0.15) is 0 Å². The number of fused-ring (bicyclic) bond motifs is 1. The van der Waals surface area contributed by atoms with Crippen LogP contribution < -0.4 is 11.1 Å². The van der Waals surface area contributed by atoms with Gasteiger partial charge in [-0.05, 0) is 30.9 Å². The Morgan fingerprint density at radius 2 is 2.22 bits per heavy atom. The molecule has 0 bridgehead atoms. The van der Waals surface area contributed by atoms with Gasteiger partial charge in [0, 0.05) is 23.5 Å². The molecular formula is C14H17N3O. The average molecular weight is 243 g/mol. The van der Waals surface area contributed by atoms with Gasteiger partial charge in [0.05, 0.1) is 0 Å². The number of aromatic nitrogens is 1. The van der Waals surface area contributed by atoms with Crippen molar-refractivity contribution in [2.75, 3.05) is 6.54 Å². The van der Waals surface area contributed by atoms with Crippen LogP contribution in [0, 0.1) is 5.92 Å². The van der Waals surface area contributed by atoms with Crippen LogP contribution in [-0.2, 0) is 0 Å². The number of aromatic amines is 1. The quantitative estimate of drug-likeness (QED) is 0.764. The fourth-order valence-electron chi connectivity index (χ4n) is 2.19. The standard InChI is InChI=1S/C14H17N3O/c15-11(9-5-6-9)8-16-14(18)13-7-10-3-1-2-4-12(10)17-13/h1-4,7,9,11,17H,5-6,8,15H2,(H,16,18). The molecule has 1 fully saturated rings. The van der Waals surface area contributed by atoms with Crippen molar-refractivity contribution < 1.29 is 4.79 Å². The van der Waals surface area contributed by atoms with Crippen LogP contribution in [0.4, 0.5) is 0 Å². The summed E-state index contributed by atoms with van der Waals surface area (Å²) in [6.07, 6.45) is 2.40. The first kappa shape index (κ1) is 11.3. The molecule has 0 saturated heterocycles. The maximum absolute atomic E-state index is 12.0. The lowest BCUT2D eigenvalue weighted by atomic mass is 10.2. The summed E-state index contributed by atoms with van der Waals surface area (Å²) in [5.41, 5.74) is 7.53. The van der Waals surface area contributed by atoms with Crippen LogP contribution in [0.3, 0.4) is 0 Å². The number of carbonyl (C=O) groups excluding carboxylic acids is 1. The lowest BCUT2D eigenvalue weighted by molar-refractivity contribution is 0.0946. The second kappa shape index (κ2) is 4.46. The van der Waals surface area contributed by atoms with Gasteiger partial charge in [-0.15, -0.1) is 0 Å². The lowest BCUT2D eigenvalue weighted by Gasteiger charge is -2.10. The molecule has 1 saturated carbocycles. The Balaban J connectivity index is 1.67. The SMILES string of the molecule is NC(CNC(=O)c1cc2ccccc2[nH]1)C1CC1. The minimum absolute atomic E-state index is 0.0812. The number of amides is 1. The fraction of sp³-hybridized carbons (Fsp3) is 0.357. The minimum atomic E-state index is -0.0812. The van der Waals surface area contributed by atoms with E-state index < -0.39 is 0 Å². The van der Waals surface area contributed by atoms with E-state index in [0.29, 0.717) is 18.2 Å². The zero-order valence-corrected chi connectivity index (χ0v) is 10.1. The lowest BCUT2D eigenvalue weighted by Crippen LogP contribution is -2.38. The van der Waals surface area contributed by atoms with E-state index in [1.165, 1.54) is 12.8 Å². The molecule has 18 heavy (non-hydrogen) atoms. The smallest absolute Gasteiger partial charge is 0.267 e. The number of para-hydroxylation sites is 1. The first-order valence-electron chi connectivity index (χ1n) is 6.35. The summed E-state index contributed by atoms with van der Waals surface area (Å²) in [6.45, 7) is 0.554. The predicted octanol–water partition coefficient (Wildman–Crippen LogP) is 1.64. The predicted molar refractivity (Wildman–Crippen MR) is 71.3 cm³/mol. The number of nitrogens with two attached hydrogens (primary N) is 1. The van der Waals surface area contributed by atoms with Gasteiger partial charge < -0.3 is 16.0 Å². The van der Waals surface area contributed by atoms with E-state index in [2.05, 4.69) is 10.3 Å². The van der Waals surface area contributed by atoms with E-state index in [1.807, 2.05) is 30.3 Å². The third-order valence-corrected chi connectivity index (χ3v) is 3.50. The molecule has 1 heterocycles. The van der Waals surface area contributed by atoms with Gasteiger partial charge in [0.2, 0.25) is 0 Å². The summed E-state index contributed by atoms with van der Waals surface area (Å²) in [4.78, 5) is 15.1. The number of rotatable bonds is 4. The van der Waals surface area contributed by atoms with Crippen molar-refractivity contribution in [1.29, 1.82) is 0 Å². The highest BCUT2D eigenvalue weighted by molar-refractivity contribution is 5.97. The number of benzene rings is 1. The molecule has 0 radical (unpaired) electrons. The third kappa shape index (κ3) is 2.24. The molecular weight excluding hydrogens is 226 g/mol. The Labute approximate surface area is 106 Å². The first-order valence-corrected chi connectivity index (χ1v) is 6.35.